The fraction of sp³-hybridized carbons (Fsp3) is 0.583. The lowest BCUT2D eigenvalue weighted by atomic mass is 9.94. The highest BCUT2D eigenvalue weighted by Crippen LogP contribution is 2.29. The third-order valence-electron chi connectivity index (χ3n) is 2.82. The second kappa shape index (κ2) is 5.34. The van der Waals surface area contributed by atoms with Crippen molar-refractivity contribution in [2.24, 2.45) is 0 Å². The van der Waals surface area contributed by atoms with Crippen LogP contribution in [0.15, 0.2) is 11.8 Å². The molecule has 0 unspecified atom stereocenters. The van der Waals surface area contributed by atoms with E-state index in [-0.39, 0.29) is 0 Å². The fourth-order valence-electron chi connectivity index (χ4n) is 2.13. The van der Waals surface area contributed by atoms with E-state index >= 15 is 0 Å². The van der Waals surface area contributed by atoms with Crippen molar-refractivity contribution in [2.75, 3.05) is 0 Å². The van der Waals surface area contributed by atoms with Crippen molar-refractivity contribution in [1.29, 1.82) is 0 Å². The zero-order chi connectivity index (χ0) is 11.4. The zero-order valence-corrected chi connectivity index (χ0v) is 10.6. The minimum Gasteiger partial charge on any atom is -0.241 e. The summed E-state index contributed by atoms with van der Waals surface area (Å²) in [6.45, 7) is 4.45. The summed E-state index contributed by atoms with van der Waals surface area (Å²) in [7, 11) is 0. The quantitative estimate of drug-likeness (QED) is 0.791. The number of rotatable bonds is 5. The van der Waals surface area contributed by atoms with Gasteiger partial charge in [-0.3, -0.25) is 0 Å². The van der Waals surface area contributed by atoms with Gasteiger partial charge in [-0.1, -0.05) is 26.7 Å². The molecule has 0 aliphatic carbocycles. The smallest absolute Gasteiger partial charge is 0.146 e. The Labute approximate surface area is 100.0 Å². The van der Waals surface area contributed by atoms with Gasteiger partial charge in [0.05, 0.1) is 11.2 Å². The largest absolute Gasteiger partial charge is 0.241 e. The summed E-state index contributed by atoms with van der Waals surface area (Å²) in [6.07, 6.45) is 6.45. The van der Waals surface area contributed by atoms with Gasteiger partial charge in [0.25, 0.3) is 0 Å². The molecule has 0 bridgehead atoms. The summed E-state index contributed by atoms with van der Waals surface area (Å²) in [5.74, 6) is 0.544. The summed E-state index contributed by atoms with van der Waals surface area (Å²) in [5, 5.41) is 0. The highest BCUT2D eigenvalue weighted by molar-refractivity contribution is 7.16. The molecule has 3 nitrogen and oxygen atoms in total. The molecule has 0 saturated heterocycles. The van der Waals surface area contributed by atoms with Crippen molar-refractivity contribution < 1.29 is 0 Å². The SMILES string of the molecule is CCCC(CCC)c1ncnc2scnc12. The lowest BCUT2D eigenvalue weighted by Crippen LogP contribution is -2.02. The van der Waals surface area contributed by atoms with Crippen LogP contribution in [0.1, 0.15) is 51.1 Å². The molecule has 86 valence electrons. The molecule has 0 amide bonds. The van der Waals surface area contributed by atoms with Crippen LogP contribution in [-0.2, 0) is 0 Å². The van der Waals surface area contributed by atoms with Crippen LogP contribution in [0.25, 0.3) is 10.3 Å². The first-order valence-electron chi connectivity index (χ1n) is 5.90. The van der Waals surface area contributed by atoms with Crippen molar-refractivity contribution in [2.45, 2.75) is 45.4 Å². The molecule has 0 atom stereocenters. The lowest BCUT2D eigenvalue weighted by molar-refractivity contribution is 0.551. The first-order valence-corrected chi connectivity index (χ1v) is 6.78. The Morgan fingerprint density at radius 3 is 2.56 bits per heavy atom. The Hall–Kier alpha value is -1.03. The van der Waals surface area contributed by atoms with Gasteiger partial charge in [-0.05, 0) is 12.8 Å². The predicted molar refractivity (Wildman–Crippen MR) is 67.8 cm³/mol. The van der Waals surface area contributed by atoms with Gasteiger partial charge in [0.15, 0.2) is 0 Å². The third kappa shape index (κ3) is 2.21. The first kappa shape index (κ1) is 11.5. The van der Waals surface area contributed by atoms with E-state index in [1.54, 1.807) is 17.7 Å². The fourth-order valence-corrected chi connectivity index (χ4v) is 2.76. The van der Waals surface area contributed by atoms with E-state index in [2.05, 4.69) is 28.8 Å². The molecule has 16 heavy (non-hydrogen) atoms. The molecule has 0 aliphatic heterocycles. The van der Waals surface area contributed by atoms with E-state index < -0.39 is 0 Å². The van der Waals surface area contributed by atoms with Crippen molar-refractivity contribution in [3.63, 3.8) is 0 Å². The minimum absolute atomic E-state index is 0.544. The molecule has 0 radical (unpaired) electrons. The number of thiazole rings is 1. The monoisotopic (exact) mass is 235 g/mol. The Kier molecular flexibility index (Phi) is 3.83. The Balaban J connectivity index is 2.38. The lowest BCUT2D eigenvalue weighted by Gasteiger charge is -2.14. The van der Waals surface area contributed by atoms with E-state index in [9.17, 15) is 0 Å². The molecule has 0 aliphatic rings. The van der Waals surface area contributed by atoms with Crippen LogP contribution in [0, 0.1) is 0 Å². The highest BCUT2D eigenvalue weighted by atomic mass is 32.1. The van der Waals surface area contributed by atoms with Crippen LogP contribution in [-0.4, -0.2) is 15.0 Å². The number of hydrogen-bond acceptors (Lipinski definition) is 4. The van der Waals surface area contributed by atoms with E-state index in [1.807, 2.05) is 5.51 Å². The van der Waals surface area contributed by atoms with Crippen LogP contribution >= 0.6 is 11.3 Å². The summed E-state index contributed by atoms with van der Waals surface area (Å²) >= 11 is 1.59. The van der Waals surface area contributed by atoms with Gasteiger partial charge in [0.2, 0.25) is 0 Å². The Morgan fingerprint density at radius 1 is 1.12 bits per heavy atom. The average Bonchev–Trinajstić information content (AvgIpc) is 2.76. The number of hydrogen-bond donors (Lipinski definition) is 0. The van der Waals surface area contributed by atoms with Crippen molar-refractivity contribution in [1.82, 2.24) is 15.0 Å². The van der Waals surface area contributed by atoms with Crippen molar-refractivity contribution in [3.8, 4) is 0 Å². The Bertz CT molecular complexity index is 446. The maximum atomic E-state index is 4.45. The van der Waals surface area contributed by atoms with Crippen molar-refractivity contribution in [3.05, 3.63) is 17.5 Å². The summed E-state index contributed by atoms with van der Waals surface area (Å²) in [6, 6.07) is 0. The van der Waals surface area contributed by atoms with Crippen LogP contribution in [0.5, 0.6) is 0 Å². The maximum absolute atomic E-state index is 4.45. The van der Waals surface area contributed by atoms with Crippen LogP contribution < -0.4 is 0 Å². The minimum atomic E-state index is 0.544. The number of fused-ring (bicyclic) bond motifs is 1. The van der Waals surface area contributed by atoms with Gasteiger partial charge < -0.3 is 0 Å². The van der Waals surface area contributed by atoms with Crippen LogP contribution in [0.4, 0.5) is 0 Å². The van der Waals surface area contributed by atoms with Gasteiger partial charge in [-0.25, -0.2) is 15.0 Å². The molecule has 2 rings (SSSR count). The molecular weight excluding hydrogens is 218 g/mol. The molecule has 4 heteroatoms. The molecule has 0 aromatic carbocycles. The predicted octanol–water partition coefficient (Wildman–Crippen LogP) is 3.77. The number of aromatic nitrogens is 3. The topological polar surface area (TPSA) is 38.7 Å². The van der Waals surface area contributed by atoms with Gasteiger partial charge in [0.1, 0.15) is 16.7 Å². The summed E-state index contributed by atoms with van der Waals surface area (Å²) in [5.41, 5.74) is 4.02. The van der Waals surface area contributed by atoms with Gasteiger partial charge in [-0.15, -0.1) is 11.3 Å². The molecule has 2 aromatic rings. The molecule has 0 saturated carbocycles. The van der Waals surface area contributed by atoms with Gasteiger partial charge in [-0.2, -0.15) is 0 Å². The van der Waals surface area contributed by atoms with E-state index in [0.717, 1.165) is 16.0 Å². The third-order valence-corrected chi connectivity index (χ3v) is 3.56. The molecular formula is C12H17N3S. The van der Waals surface area contributed by atoms with E-state index in [0.29, 0.717) is 5.92 Å². The molecule has 2 heterocycles. The first-order chi connectivity index (χ1) is 7.86. The normalized spacial score (nSPS) is 11.4. The van der Waals surface area contributed by atoms with Gasteiger partial charge in [0, 0.05) is 5.92 Å². The van der Waals surface area contributed by atoms with Crippen LogP contribution in [0.2, 0.25) is 0 Å². The average molecular weight is 235 g/mol. The molecule has 0 spiro atoms. The maximum Gasteiger partial charge on any atom is 0.146 e. The second-order valence-corrected chi connectivity index (χ2v) is 4.87. The molecule has 0 fully saturated rings. The number of nitrogens with zero attached hydrogens (tertiary/aromatic N) is 3. The summed E-state index contributed by atoms with van der Waals surface area (Å²) in [4.78, 5) is 14.1. The van der Waals surface area contributed by atoms with Crippen molar-refractivity contribution >= 4 is 21.7 Å². The zero-order valence-electron chi connectivity index (χ0n) is 9.81. The summed E-state index contributed by atoms with van der Waals surface area (Å²) < 4.78 is 0. The highest BCUT2D eigenvalue weighted by Gasteiger charge is 2.16. The van der Waals surface area contributed by atoms with Gasteiger partial charge >= 0.3 is 0 Å². The molecule has 0 N–H and O–H groups in total. The van der Waals surface area contributed by atoms with E-state index in [1.165, 1.54) is 25.7 Å². The molecule has 2 aromatic heterocycles. The standard InChI is InChI=1S/C12H17N3S/c1-3-5-9(6-4-2)10-11-12(14-7-13-10)16-8-15-11/h7-9H,3-6H2,1-2H3. The van der Waals surface area contributed by atoms with Crippen LogP contribution in [0.3, 0.4) is 0 Å². The second-order valence-electron chi connectivity index (χ2n) is 4.04. The Morgan fingerprint density at radius 2 is 1.88 bits per heavy atom. The van der Waals surface area contributed by atoms with E-state index in [4.69, 9.17) is 0 Å².